The first-order valence-corrected chi connectivity index (χ1v) is 7.84. The van der Waals surface area contributed by atoms with E-state index in [-0.39, 0.29) is 23.3 Å². The average molecular weight is 316 g/mol. The quantitative estimate of drug-likeness (QED) is 0.690. The van der Waals surface area contributed by atoms with Crippen molar-refractivity contribution in [2.75, 3.05) is 0 Å². The molecule has 0 bridgehead atoms. The molecule has 0 amide bonds. The summed E-state index contributed by atoms with van der Waals surface area (Å²) in [6.07, 6.45) is 3.04. The molecule has 6 nitrogen and oxygen atoms in total. The molecule has 122 valence electrons. The molecule has 0 radical (unpaired) electrons. The van der Waals surface area contributed by atoms with Crippen molar-refractivity contribution in [1.29, 1.82) is 0 Å². The van der Waals surface area contributed by atoms with Gasteiger partial charge in [-0.25, -0.2) is 0 Å². The van der Waals surface area contributed by atoms with Crippen molar-refractivity contribution in [3.8, 4) is 5.75 Å². The maximum atomic E-state index is 12.1. The molecular formula is C17H20N2O4. The van der Waals surface area contributed by atoms with Crippen LogP contribution in [0.2, 0.25) is 0 Å². The molecule has 1 fully saturated rings. The van der Waals surface area contributed by atoms with Gasteiger partial charge < -0.3 is 20.5 Å². The highest BCUT2D eigenvalue weighted by molar-refractivity contribution is 5.87. The van der Waals surface area contributed by atoms with Gasteiger partial charge in [0.05, 0.1) is 11.3 Å². The number of aromatic hydroxyl groups is 1. The standard InChI is InChI=1S/C17H20N2O4/c20-14-3-1-2-11-8-13(19-16(21)15(11)14)9-18-12-6-4-10(5-7-12)17(22)23/h1-3,8,10,12,18,20H,4-7,9H2,(H,19,21)(H,22,23)/t10-,12-. The summed E-state index contributed by atoms with van der Waals surface area (Å²) < 4.78 is 0. The molecule has 4 N–H and O–H groups in total. The first-order chi connectivity index (χ1) is 11.0. The monoisotopic (exact) mass is 316 g/mol. The van der Waals surface area contributed by atoms with E-state index in [0.717, 1.165) is 18.5 Å². The number of hydrogen-bond acceptors (Lipinski definition) is 4. The molecule has 0 spiro atoms. The number of carboxylic acid groups (broad SMARTS) is 1. The number of aromatic nitrogens is 1. The van der Waals surface area contributed by atoms with Gasteiger partial charge in [-0.3, -0.25) is 9.59 Å². The molecule has 23 heavy (non-hydrogen) atoms. The minimum absolute atomic E-state index is 0.0183. The lowest BCUT2D eigenvalue weighted by molar-refractivity contribution is -0.142. The molecular weight excluding hydrogens is 296 g/mol. The number of carboxylic acids is 1. The Balaban J connectivity index is 1.67. The van der Waals surface area contributed by atoms with Crippen LogP contribution >= 0.6 is 0 Å². The summed E-state index contributed by atoms with van der Waals surface area (Å²) >= 11 is 0. The summed E-state index contributed by atoms with van der Waals surface area (Å²) in [5.41, 5.74) is 0.459. The normalized spacial score (nSPS) is 21.4. The second-order valence-corrected chi connectivity index (χ2v) is 6.13. The lowest BCUT2D eigenvalue weighted by atomic mass is 9.86. The number of aromatic amines is 1. The highest BCUT2D eigenvalue weighted by Crippen LogP contribution is 2.25. The molecule has 1 aliphatic carbocycles. The summed E-state index contributed by atoms with van der Waals surface area (Å²) in [6, 6.07) is 7.13. The number of aliphatic carboxylic acids is 1. The first-order valence-electron chi connectivity index (χ1n) is 7.84. The zero-order chi connectivity index (χ0) is 16.4. The second-order valence-electron chi connectivity index (χ2n) is 6.13. The van der Waals surface area contributed by atoms with Crippen LogP contribution in [-0.2, 0) is 11.3 Å². The molecule has 1 saturated carbocycles. The van der Waals surface area contributed by atoms with Gasteiger partial charge in [-0.15, -0.1) is 0 Å². The summed E-state index contributed by atoms with van der Waals surface area (Å²) in [7, 11) is 0. The van der Waals surface area contributed by atoms with E-state index < -0.39 is 5.97 Å². The number of fused-ring (bicyclic) bond motifs is 1. The van der Waals surface area contributed by atoms with Crippen LogP contribution in [0.5, 0.6) is 5.75 Å². The minimum atomic E-state index is -0.706. The predicted octanol–water partition coefficient (Wildman–Crippen LogP) is 1.97. The second kappa shape index (κ2) is 6.42. The molecule has 0 atom stereocenters. The van der Waals surface area contributed by atoms with Crippen LogP contribution in [0.15, 0.2) is 29.1 Å². The summed E-state index contributed by atoms with van der Waals surface area (Å²) in [4.78, 5) is 25.8. The van der Waals surface area contributed by atoms with E-state index in [2.05, 4.69) is 10.3 Å². The molecule has 1 aromatic heterocycles. The number of carbonyl (C=O) groups is 1. The van der Waals surface area contributed by atoms with E-state index in [4.69, 9.17) is 5.11 Å². The van der Waals surface area contributed by atoms with Gasteiger partial charge in [0, 0.05) is 18.3 Å². The number of pyridine rings is 1. The van der Waals surface area contributed by atoms with Crippen LogP contribution in [0.4, 0.5) is 0 Å². The van der Waals surface area contributed by atoms with E-state index in [0.29, 0.717) is 30.2 Å². The van der Waals surface area contributed by atoms with Crippen molar-refractivity contribution in [2.24, 2.45) is 5.92 Å². The SMILES string of the molecule is O=c1[nH]c(CN[C@H]2CC[C@H](C(=O)O)CC2)cc2cccc(O)c12. The van der Waals surface area contributed by atoms with Crippen LogP contribution in [-0.4, -0.2) is 27.2 Å². The van der Waals surface area contributed by atoms with Crippen molar-refractivity contribution < 1.29 is 15.0 Å². The van der Waals surface area contributed by atoms with Crippen molar-refractivity contribution in [2.45, 2.75) is 38.3 Å². The fraction of sp³-hybridized carbons (Fsp3) is 0.412. The van der Waals surface area contributed by atoms with Gasteiger partial charge in [0.25, 0.3) is 5.56 Å². The first kappa shape index (κ1) is 15.6. The van der Waals surface area contributed by atoms with E-state index in [1.165, 1.54) is 6.07 Å². The Hall–Kier alpha value is -2.34. The lowest BCUT2D eigenvalue weighted by Crippen LogP contribution is -2.35. The number of rotatable bonds is 4. The van der Waals surface area contributed by atoms with Crippen LogP contribution in [0.1, 0.15) is 31.4 Å². The van der Waals surface area contributed by atoms with E-state index in [1.807, 2.05) is 6.07 Å². The number of hydrogen-bond donors (Lipinski definition) is 4. The average Bonchev–Trinajstić information content (AvgIpc) is 2.53. The van der Waals surface area contributed by atoms with Gasteiger partial charge in [0.1, 0.15) is 5.75 Å². The fourth-order valence-electron chi connectivity index (χ4n) is 3.25. The molecule has 6 heteroatoms. The fourth-order valence-corrected chi connectivity index (χ4v) is 3.25. The predicted molar refractivity (Wildman–Crippen MR) is 86.5 cm³/mol. The Morgan fingerprint density at radius 3 is 2.70 bits per heavy atom. The zero-order valence-electron chi connectivity index (χ0n) is 12.7. The molecule has 2 aromatic rings. The van der Waals surface area contributed by atoms with Crippen molar-refractivity contribution in [1.82, 2.24) is 10.3 Å². The summed E-state index contributed by atoms with van der Waals surface area (Å²) in [5.74, 6) is -0.950. The minimum Gasteiger partial charge on any atom is -0.507 e. The summed E-state index contributed by atoms with van der Waals surface area (Å²) in [6.45, 7) is 0.517. The molecule has 1 aliphatic rings. The van der Waals surface area contributed by atoms with Crippen molar-refractivity contribution in [3.05, 3.63) is 40.3 Å². The Kier molecular flexibility index (Phi) is 4.34. The van der Waals surface area contributed by atoms with Gasteiger partial charge in [-0.2, -0.15) is 0 Å². The van der Waals surface area contributed by atoms with Crippen molar-refractivity contribution in [3.63, 3.8) is 0 Å². The molecule has 1 heterocycles. The third kappa shape index (κ3) is 3.37. The Labute approximate surface area is 133 Å². The number of phenols is 1. The third-order valence-corrected chi connectivity index (χ3v) is 4.56. The highest BCUT2D eigenvalue weighted by atomic mass is 16.4. The van der Waals surface area contributed by atoms with Crippen molar-refractivity contribution >= 4 is 16.7 Å². The zero-order valence-corrected chi connectivity index (χ0v) is 12.7. The van der Waals surface area contributed by atoms with E-state index >= 15 is 0 Å². The largest absolute Gasteiger partial charge is 0.507 e. The lowest BCUT2D eigenvalue weighted by Gasteiger charge is -2.26. The summed E-state index contributed by atoms with van der Waals surface area (Å²) in [5, 5.41) is 23.2. The molecule has 0 aliphatic heterocycles. The molecule has 0 saturated heterocycles. The number of H-pyrrole nitrogens is 1. The highest BCUT2D eigenvalue weighted by Gasteiger charge is 2.25. The Morgan fingerprint density at radius 1 is 1.26 bits per heavy atom. The van der Waals surface area contributed by atoms with E-state index in [1.54, 1.807) is 12.1 Å². The van der Waals surface area contributed by atoms with Gasteiger partial charge in [0.15, 0.2) is 0 Å². The van der Waals surface area contributed by atoms with Crippen LogP contribution in [0, 0.1) is 5.92 Å². The van der Waals surface area contributed by atoms with Crippen LogP contribution in [0.3, 0.4) is 0 Å². The molecule has 3 rings (SSSR count). The number of benzene rings is 1. The topological polar surface area (TPSA) is 102 Å². The van der Waals surface area contributed by atoms with Crippen LogP contribution < -0.4 is 10.9 Å². The van der Waals surface area contributed by atoms with Gasteiger partial charge in [0.2, 0.25) is 0 Å². The van der Waals surface area contributed by atoms with Gasteiger partial charge >= 0.3 is 5.97 Å². The molecule has 1 aromatic carbocycles. The Bertz CT molecular complexity index is 776. The Morgan fingerprint density at radius 2 is 2.00 bits per heavy atom. The number of phenolic OH excluding ortho intramolecular Hbond substituents is 1. The smallest absolute Gasteiger partial charge is 0.306 e. The maximum Gasteiger partial charge on any atom is 0.306 e. The van der Waals surface area contributed by atoms with E-state index in [9.17, 15) is 14.7 Å². The number of nitrogens with one attached hydrogen (secondary N) is 2. The third-order valence-electron chi connectivity index (χ3n) is 4.56. The maximum absolute atomic E-state index is 12.1. The van der Waals surface area contributed by atoms with Crippen LogP contribution in [0.25, 0.3) is 10.8 Å². The van der Waals surface area contributed by atoms with Gasteiger partial charge in [-0.1, -0.05) is 12.1 Å². The van der Waals surface area contributed by atoms with Gasteiger partial charge in [-0.05, 0) is 43.2 Å². The molecule has 0 unspecified atom stereocenters.